The Morgan fingerprint density at radius 1 is 0.905 bits per heavy atom. The quantitative estimate of drug-likeness (QED) is 0.794. The van der Waals surface area contributed by atoms with Gasteiger partial charge in [-0.1, -0.05) is 12.1 Å². The summed E-state index contributed by atoms with van der Waals surface area (Å²) in [4.78, 5) is 9.01. The van der Waals surface area contributed by atoms with E-state index in [1.807, 2.05) is 62.4 Å². The van der Waals surface area contributed by atoms with Crippen LogP contribution in [-0.2, 0) is 0 Å². The van der Waals surface area contributed by atoms with E-state index in [-0.39, 0.29) is 6.10 Å². The fourth-order valence-corrected chi connectivity index (χ4v) is 2.19. The maximum atomic E-state index is 6.03. The lowest BCUT2D eigenvalue weighted by atomic mass is 10.1. The zero-order valence-corrected chi connectivity index (χ0v) is 12.1. The third kappa shape index (κ3) is 2.79. The third-order valence-electron chi connectivity index (χ3n) is 3.10. The molecule has 0 amide bonds. The predicted octanol–water partition coefficient (Wildman–Crippen LogP) is 3.67. The molecule has 0 saturated carbocycles. The monoisotopic (exact) mass is 279 g/mol. The Bertz CT molecular complexity index is 767. The number of ether oxygens (including phenoxy) is 1. The summed E-state index contributed by atoms with van der Waals surface area (Å²) < 4.78 is 5.64. The Hall–Kier alpha value is -2.62. The SMILES string of the molecule is CC(C)Oc1ccc(-c2nc3ccccc3nc2N)cc1. The zero-order chi connectivity index (χ0) is 14.8. The first kappa shape index (κ1) is 13.4. The molecule has 0 spiro atoms. The molecule has 1 aromatic heterocycles. The highest BCUT2D eigenvalue weighted by atomic mass is 16.5. The fraction of sp³-hybridized carbons (Fsp3) is 0.176. The summed E-state index contributed by atoms with van der Waals surface area (Å²) in [6, 6.07) is 15.4. The molecule has 0 bridgehead atoms. The average Bonchev–Trinajstić information content (AvgIpc) is 2.47. The molecule has 0 radical (unpaired) electrons. The number of nitrogens with two attached hydrogens (primary N) is 1. The van der Waals surface area contributed by atoms with Gasteiger partial charge in [-0.2, -0.15) is 0 Å². The number of benzene rings is 2. The molecule has 3 rings (SSSR count). The molecule has 106 valence electrons. The summed E-state index contributed by atoms with van der Waals surface area (Å²) >= 11 is 0. The van der Waals surface area contributed by atoms with Gasteiger partial charge in [0.25, 0.3) is 0 Å². The summed E-state index contributed by atoms with van der Waals surface area (Å²) in [5.41, 5.74) is 9.31. The topological polar surface area (TPSA) is 61.0 Å². The molecular formula is C17H17N3O. The highest BCUT2D eigenvalue weighted by Crippen LogP contribution is 2.26. The Morgan fingerprint density at radius 3 is 2.14 bits per heavy atom. The first-order chi connectivity index (χ1) is 10.1. The van der Waals surface area contributed by atoms with E-state index >= 15 is 0 Å². The van der Waals surface area contributed by atoms with Crippen molar-refractivity contribution in [2.75, 3.05) is 5.73 Å². The molecule has 2 N–H and O–H groups in total. The lowest BCUT2D eigenvalue weighted by Crippen LogP contribution is -2.05. The second-order valence-corrected chi connectivity index (χ2v) is 5.14. The van der Waals surface area contributed by atoms with Crippen LogP contribution in [0.2, 0.25) is 0 Å². The largest absolute Gasteiger partial charge is 0.491 e. The van der Waals surface area contributed by atoms with Crippen LogP contribution in [0.5, 0.6) is 5.75 Å². The predicted molar refractivity (Wildman–Crippen MR) is 85.2 cm³/mol. The number of nitrogens with zero attached hydrogens (tertiary/aromatic N) is 2. The molecule has 4 nitrogen and oxygen atoms in total. The summed E-state index contributed by atoms with van der Waals surface area (Å²) in [6.45, 7) is 4.00. The van der Waals surface area contributed by atoms with Gasteiger partial charge in [0.2, 0.25) is 0 Å². The second-order valence-electron chi connectivity index (χ2n) is 5.14. The molecule has 0 aliphatic rings. The lowest BCUT2D eigenvalue weighted by Gasteiger charge is -2.11. The van der Waals surface area contributed by atoms with Gasteiger partial charge in [0.1, 0.15) is 11.4 Å². The second kappa shape index (κ2) is 5.40. The van der Waals surface area contributed by atoms with E-state index in [1.54, 1.807) is 0 Å². The zero-order valence-electron chi connectivity index (χ0n) is 12.1. The van der Waals surface area contributed by atoms with Gasteiger partial charge in [-0.15, -0.1) is 0 Å². The molecular weight excluding hydrogens is 262 g/mol. The number of nitrogen functional groups attached to an aromatic ring is 1. The third-order valence-corrected chi connectivity index (χ3v) is 3.10. The minimum atomic E-state index is 0.154. The van der Waals surface area contributed by atoms with Gasteiger partial charge in [0.15, 0.2) is 5.82 Å². The van der Waals surface area contributed by atoms with E-state index in [1.165, 1.54) is 0 Å². The van der Waals surface area contributed by atoms with Crippen LogP contribution >= 0.6 is 0 Å². The van der Waals surface area contributed by atoms with Crippen molar-refractivity contribution in [2.45, 2.75) is 20.0 Å². The number of aromatic nitrogens is 2. The molecule has 1 heterocycles. The number of anilines is 1. The van der Waals surface area contributed by atoms with Gasteiger partial charge in [-0.25, -0.2) is 9.97 Å². The van der Waals surface area contributed by atoms with E-state index in [4.69, 9.17) is 10.5 Å². The Balaban J connectivity index is 2.01. The Labute approximate surface area is 123 Å². The van der Waals surface area contributed by atoms with Crippen LogP contribution in [0.4, 0.5) is 5.82 Å². The fourth-order valence-electron chi connectivity index (χ4n) is 2.19. The van der Waals surface area contributed by atoms with Gasteiger partial charge < -0.3 is 10.5 Å². The van der Waals surface area contributed by atoms with Gasteiger partial charge >= 0.3 is 0 Å². The Kier molecular flexibility index (Phi) is 3.44. The van der Waals surface area contributed by atoms with Gasteiger partial charge in [0, 0.05) is 5.56 Å². The van der Waals surface area contributed by atoms with Crippen molar-refractivity contribution in [3.63, 3.8) is 0 Å². The van der Waals surface area contributed by atoms with Crippen molar-refractivity contribution in [3.05, 3.63) is 48.5 Å². The van der Waals surface area contributed by atoms with Crippen LogP contribution in [0.3, 0.4) is 0 Å². The van der Waals surface area contributed by atoms with Gasteiger partial charge in [-0.05, 0) is 50.2 Å². The standard InChI is InChI=1S/C17H17N3O/c1-11(2)21-13-9-7-12(8-10-13)16-17(18)20-15-6-4-3-5-14(15)19-16/h3-11H,1-2H3,(H2,18,20). The molecule has 0 atom stereocenters. The minimum absolute atomic E-state index is 0.154. The minimum Gasteiger partial charge on any atom is -0.491 e. The van der Waals surface area contributed by atoms with E-state index in [0.29, 0.717) is 11.5 Å². The smallest absolute Gasteiger partial charge is 0.150 e. The lowest BCUT2D eigenvalue weighted by molar-refractivity contribution is 0.242. The van der Waals surface area contributed by atoms with Crippen molar-refractivity contribution in [3.8, 4) is 17.0 Å². The van der Waals surface area contributed by atoms with Crippen molar-refractivity contribution in [1.29, 1.82) is 0 Å². The summed E-state index contributed by atoms with van der Waals surface area (Å²) in [5.74, 6) is 1.27. The molecule has 0 unspecified atom stereocenters. The number of hydrogen-bond acceptors (Lipinski definition) is 4. The van der Waals surface area contributed by atoms with Gasteiger partial charge in [-0.3, -0.25) is 0 Å². The molecule has 0 fully saturated rings. The van der Waals surface area contributed by atoms with E-state index < -0.39 is 0 Å². The highest BCUT2D eigenvalue weighted by molar-refractivity contribution is 5.82. The molecule has 0 saturated heterocycles. The van der Waals surface area contributed by atoms with Crippen molar-refractivity contribution < 1.29 is 4.74 Å². The summed E-state index contributed by atoms with van der Waals surface area (Å²) in [7, 11) is 0. The van der Waals surface area contributed by atoms with Crippen LogP contribution < -0.4 is 10.5 Å². The maximum Gasteiger partial charge on any atom is 0.150 e. The van der Waals surface area contributed by atoms with Crippen LogP contribution in [0.25, 0.3) is 22.3 Å². The average molecular weight is 279 g/mol. The molecule has 2 aromatic carbocycles. The maximum absolute atomic E-state index is 6.03. The van der Waals surface area contributed by atoms with Crippen molar-refractivity contribution in [1.82, 2.24) is 9.97 Å². The number of fused-ring (bicyclic) bond motifs is 1. The first-order valence-electron chi connectivity index (χ1n) is 6.93. The number of para-hydroxylation sites is 2. The molecule has 0 aliphatic heterocycles. The number of rotatable bonds is 3. The van der Waals surface area contributed by atoms with E-state index in [0.717, 1.165) is 22.3 Å². The summed E-state index contributed by atoms with van der Waals surface area (Å²) in [6.07, 6.45) is 0.154. The van der Waals surface area contributed by atoms with Crippen LogP contribution in [0.1, 0.15) is 13.8 Å². The number of hydrogen-bond donors (Lipinski definition) is 1. The van der Waals surface area contributed by atoms with E-state index in [9.17, 15) is 0 Å². The van der Waals surface area contributed by atoms with Gasteiger partial charge in [0.05, 0.1) is 17.1 Å². The van der Waals surface area contributed by atoms with Crippen molar-refractivity contribution >= 4 is 16.9 Å². The van der Waals surface area contributed by atoms with Crippen LogP contribution in [-0.4, -0.2) is 16.1 Å². The van der Waals surface area contributed by atoms with E-state index in [2.05, 4.69) is 9.97 Å². The van der Waals surface area contributed by atoms with Crippen LogP contribution in [0, 0.1) is 0 Å². The first-order valence-corrected chi connectivity index (χ1v) is 6.93. The normalized spacial score (nSPS) is 11.0. The Morgan fingerprint density at radius 2 is 1.52 bits per heavy atom. The molecule has 21 heavy (non-hydrogen) atoms. The summed E-state index contributed by atoms with van der Waals surface area (Å²) in [5, 5.41) is 0. The molecule has 4 heteroatoms. The molecule has 3 aromatic rings. The molecule has 0 aliphatic carbocycles. The van der Waals surface area contributed by atoms with Crippen molar-refractivity contribution in [2.24, 2.45) is 0 Å². The van der Waals surface area contributed by atoms with Crippen LogP contribution in [0.15, 0.2) is 48.5 Å². The highest BCUT2D eigenvalue weighted by Gasteiger charge is 2.08.